The zero-order chi connectivity index (χ0) is 11.1. The van der Waals surface area contributed by atoms with Crippen molar-refractivity contribution in [2.75, 3.05) is 25.1 Å². The summed E-state index contributed by atoms with van der Waals surface area (Å²) in [6.45, 7) is 3.54. The number of carboxylic acid groups (broad SMARTS) is 1. The Hall–Kier alpha value is -1.69. The lowest BCUT2D eigenvalue weighted by molar-refractivity contribution is 0.0697. The van der Waals surface area contributed by atoms with E-state index in [4.69, 9.17) is 9.84 Å². The van der Waals surface area contributed by atoms with E-state index in [1.165, 1.54) is 12.3 Å². The van der Waals surface area contributed by atoms with Gasteiger partial charge in [-0.15, -0.1) is 5.10 Å². The maximum atomic E-state index is 10.8. The standard InChI is InChI=1S/C9H13N3O3/c1-2-15-6-5-10-8-7(9(13)14)3-4-11-12-8/h3-4H,2,5-6H2,1H3,(H,10,12)(H,13,14). The van der Waals surface area contributed by atoms with Crippen LogP contribution in [0.15, 0.2) is 12.3 Å². The van der Waals surface area contributed by atoms with Gasteiger partial charge in [0.2, 0.25) is 0 Å². The molecule has 0 aliphatic carbocycles. The molecule has 0 unspecified atom stereocenters. The molecule has 0 saturated heterocycles. The number of rotatable bonds is 6. The first-order valence-corrected chi connectivity index (χ1v) is 4.62. The van der Waals surface area contributed by atoms with E-state index in [1.807, 2.05) is 6.92 Å². The Kier molecular flexibility index (Phi) is 4.49. The summed E-state index contributed by atoms with van der Waals surface area (Å²) in [7, 11) is 0. The molecule has 0 atom stereocenters. The van der Waals surface area contributed by atoms with Crippen LogP contribution in [0.1, 0.15) is 17.3 Å². The van der Waals surface area contributed by atoms with E-state index in [0.29, 0.717) is 19.8 Å². The van der Waals surface area contributed by atoms with Crippen LogP contribution in [-0.2, 0) is 4.74 Å². The molecule has 0 aliphatic heterocycles. The van der Waals surface area contributed by atoms with Crippen molar-refractivity contribution in [3.05, 3.63) is 17.8 Å². The molecule has 1 heterocycles. The smallest absolute Gasteiger partial charge is 0.339 e. The fraction of sp³-hybridized carbons (Fsp3) is 0.444. The molecule has 0 radical (unpaired) electrons. The normalized spacial score (nSPS) is 9.93. The number of hydrogen-bond donors (Lipinski definition) is 2. The van der Waals surface area contributed by atoms with Gasteiger partial charge in [-0.1, -0.05) is 0 Å². The predicted molar refractivity (Wildman–Crippen MR) is 54.0 cm³/mol. The molecule has 0 aliphatic rings. The fourth-order valence-corrected chi connectivity index (χ4v) is 1.02. The van der Waals surface area contributed by atoms with Crippen LogP contribution in [0.5, 0.6) is 0 Å². The van der Waals surface area contributed by atoms with Crippen LogP contribution in [0.2, 0.25) is 0 Å². The molecule has 82 valence electrons. The van der Waals surface area contributed by atoms with Crippen LogP contribution in [-0.4, -0.2) is 41.0 Å². The maximum Gasteiger partial charge on any atom is 0.339 e. The van der Waals surface area contributed by atoms with Crippen LogP contribution in [0.25, 0.3) is 0 Å². The highest BCUT2D eigenvalue weighted by atomic mass is 16.5. The largest absolute Gasteiger partial charge is 0.478 e. The monoisotopic (exact) mass is 211 g/mol. The predicted octanol–water partition coefficient (Wildman–Crippen LogP) is 0.623. The van der Waals surface area contributed by atoms with Gasteiger partial charge in [-0.25, -0.2) is 4.79 Å². The van der Waals surface area contributed by atoms with Crippen molar-refractivity contribution in [2.24, 2.45) is 0 Å². The van der Waals surface area contributed by atoms with Crippen LogP contribution < -0.4 is 5.32 Å². The number of hydrogen-bond acceptors (Lipinski definition) is 5. The highest BCUT2D eigenvalue weighted by molar-refractivity contribution is 5.92. The summed E-state index contributed by atoms with van der Waals surface area (Å²) >= 11 is 0. The van der Waals surface area contributed by atoms with E-state index < -0.39 is 5.97 Å². The topological polar surface area (TPSA) is 84.3 Å². The lowest BCUT2D eigenvalue weighted by Gasteiger charge is -2.06. The number of aromatic carboxylic acids is 1. The molecular weight excluding hydrogens is 198 g/mol. The SMILES string of the molecule is CCOCCNc1nnccc1C(=O)O. The molecule has 6 nitrogen and oxygen atoms in total. The quantitative estimate of drug-likeness (QED) is 0.671. The third-order valence-corrected chi connectivity index (χ3v) is 1.69. The minimum absolute atomic E-state index is 0.112. The fourth-order valence-electron chi connectivity index (χ4n) is 1.02. The van der Waals surface area contributed by atoms with Gasteiger partial charge in [0.1, 0.15) is 5.56 Å². The van der Waals surface area contributed by atoms with Gasteiger partial charge in [0, 0.05) is 13.2 Å². The molecule has 1 aromatic heterocycles. The summed E-state index contributed by atoms with van der Waals surface area (Å²) in [5, 5.41) is 19.0. The summed E-state index contributed by atoms with van der Waals surface area (Å²) in [5.74, 6) is -0.756. The molecule has 1 aromatic rings. The highest BCUT2D eigenvalue weighted by Crippen LogP contribution is 2.08. The van der Waals surface area contributed by atoms with Crippen molar-refractivity contribution in [2.45, 2.75) is 6.92 Å². The van der Waals surface area contributed by atoms with Gasteiger partial charge in [-0.05, 0) is 13.0 Å². The molecule has 0 bridgehead atoms. The number of nitrogens with zero attached hydrogens (tertiary/aromatic N) is 2. The second-order valence-electron chi connectivity index (χ2n) is 2.72. The van der Waals surface area contributed by atoms with Gasteiger partial charge in [0.15, 0.2) is 5.82 Å². The van der Waals surface area contributed by atoms with Crippen molar-refractivity contribution in [3.8, 4) is 0 Å². The Balaban J connectivity index is 2.56. The van der Waals surface area contributed by atoms with Crippen molar-refractivity contribution in [1.82, 2.24) is 10.2 Å². The molecule has 0 spiro atoms. The molecule has 0 fully saturated rings. The van der Waals surface area contributed by atoms with Crippen molar-refractivity contribution >= 4 is 11.8 Å². The number of carbonyl (C=O) groups is 1. The van der Waals surface area contributed by atoms with Gasteiger partial charge >= 0.3 is 5.97 Å². The molecule has 0 saturated carbocycles. The second-order valence-corrected chi connectivity index (χ2v) is 2.72. The van der Waals surface area contributed by atoms with Crippen LogP contribution in [0.3, 0.4) is 0 Å². The van der Waals surface area contributed by atoms with E-state index in [2.05, 4.69) is 15.5 Å². The Morgan fingerprint density at radius 1 is 1.67 bits per heavy atom. The minimum Gasteiger partial charge on any atom is -0.478 e. The summed E-state index contributed by atoms with van der Waals surface area (Å²) in [6, 6.07) is 1.40. The molecule has 15 heavy (non-hydrogen) atoms. The first-order valence-electron chi connectivity index (χ1n) is 4.62. The third kappa shape index (κ3) is 3.51. The van der Waals surface area contributed by atoms with E-state index in [1.54, 1.807) is 0 Å². The lowest BCUT2D eigenvalue weighted by atomic mass is 10.3. The molecule has 0 amide bonds. The number of aromatic nitrogens is 2. The zero-order valence-electron chi connectivity index (χ0n) is 8.43. The summed E-state index contributed by atoms with van der Waals surface area (Å²) in [6.07, 6.45) is 1.34. The van der Waals surface area contributed by atoms with Gasteiger partial charge in [0.05, 0.1) is 12.8 Å². The molecule has 1 rings (SSSR count). The summed E-state index contributed by atoms with van der Waals surface area (Å²) < 4.78 is 5.10. The molecule has 6 heteroatoms. The average molecular weight is 211 g/mol. The zero-order valence-corrected chi connectivity index (χ0v) is 8.43. The van der Waals surface area contributed by atoms with Crippen molar-refractivity contribution in [1.29, 1.82) is 0 Å². The summed E-state index contributed by atoms with van der Waals surface area (Å²) in [4.78, 5) is 10.8. The summed E-state index contributed by atoms with van der Waals surface area (Å²) in [5.41, 5.74) is 0.112. The Bertz CT molecular complexity index is 330. The average Bonchev–Trinajstić information content (AvgIpc) is 2.25. The van der Waals surface area contributed by atoms with Crippen molar-refractivity contribution in [3.63, 3.8) is 0 Å². The van der Waals surface area contributed by atoms with Crippen LogP contribution >= 0.6 is 0 Å². The lowest BCUT2D eigenvalue weighted by Crippen LogP contribution is -2.14. The Morgan fingerprint density at radius 2 is 2.47 bits per heavy atom. The number of carboxylic acids is 1. The first kappa shape index (κ1) is 11.4. The van der Waals surface area contributed by atoms with E-state index in [0.717, 1.165) is 0 Å². The molecule has 0 aromatic carbocycles. The number of ether oxygens (including phenoxy) is 1. The van der Waals surface area contributed by atoms with Crippen LogP contribution in [0.4, 0.5) is 5.82 Å². The number of nitrogens with one attached hydrogen (secondary N) is 1. The Morgan fingerprint density at radius 3 is 3.13 bits per heavy atom. The Labute approximate surface area is 87.3 Å². The molecular formula is C9H13N3O3. The maximum absolute atomic E-state index is 10.8. The first-order chi connectivity index (χ1) is 7.25. The highest BCUT2D eigenvalue weighted by Gasteiger charge is 2.10. The van der Waals surface area contributed by atoms with Crippen LogP contribution in [0, 0.1) is 0 Å². The van der Waals surface area contributed by atoms with Gasteiger partial charge in [-0.3, -0.25) is 0 Å². The van der Waals surface area contributed by atoms with E-state index >= 15 is 0 Å². The van der Waals surface area contributed by atoms with E-state index in [9.17, 15) is 4.79 Å². The second kappa shape index (κ2) is 5.92. The minimum atomic E-state index is -1.02. The van der Waals surface area contributed by atoms with Gasteiger partial charge in [-0.2, -0.15) is 5.10 Å². The van der Waals surface area contributed by atoms with Gasteiger partial charge < -0.3 is 15.2 Å². The van der Waals surface area contributed by atoms with Gasteiger partial charge in [0.25, 0.3) is 0 Å². The van der Waals surface area contributed by atoms with E-state index in [-0.39, 0.29) is 11.4 Å². The third-order valence-electron chi connectivity index (χ3n) is 1.69. The number of anilines is 1. The van der Waals surface area contributed by atoms with Crippen molar-refractivity contribution < 1.29 is 14.6 Å². The molecule has 2 N–H and O–H groups in total.